The maximum absolute atomic E-state index is 11.8. The van der Waals surface area contributed by atoms with E-state index in [-0.39, 0.29) is 5.91 Å². The van der Waals surface area contributed by atoms with Crippen LogP contribution in [0.25, 0.3) is 0 Å². The van der Waals surface area contributed by atoms with Crippen molar-refractivity contribution >= 4 is 23.4 Å². The highest BCUT2D eigenvalue weighted by Gasteiger charge is 2.15. The first kappa shape index (κ1) is 13.2. The van der Waals surface area contributed by atoms with Crippen molar-refractivity contribution in [3.63, 3.8) is 0 Å². The normalized spacial score (nSPS) is 18.7. The molecule has 98 valence electrons. The van der Waals surface area contributed by atoms with Crippen molar-refractivity contribution in [1.29, 1.82) is 0 Å². The number of nitrogens with one attached hydrogen (secondary N) is 1. The Balaban J connectivity index is 1.96. The molecule has 4 nitrogen and oxygen atoms in total. The summed E-state index contributed by atoms with van der Waals surface area (Å²) in [5, 5.41) is 4.09. The van der Waals surface area contributed by atoms with Gasteiger partial charge in [-0.05, 0) is 30.7 Å². The number of carbonyl (C=O) groups is 1. The van der Waals surface area contributed by atoms with Gasteiger partial charge in [-0.25, -0.2) is 0 Å². The lowest BCUT2D eigenvalue weighted by Gasteiger charge is -2.13. The third kappa shape index (κ3) is 3.38. The number of amides is 1. The van der Waals surface area contributed by atoms with Crippen molar-refractivity contribution in [2.45, 2.75) is 18.1 Å². The van der Waals surface area contributed by atoms with Gasteiger partial charge in [0.25, 0.3) is 5.91 Å². The highest BCUT2D eigenvalue weighted by atomic mass is 32.2. The predicted octanol–water partition coefficient (Wildman–Crippen LogP) is 2.09. The molecule has 1 N–H and O–H groups in total. The Labute approximate surface area is 112 Å². The molecule has 1 saturated heterocycles. The molecule has 0 radical (unpaired) electrons. The zero-order valence-electron chi connectivity index (χ0n) is 10.8. The molecule has 1 aliphatic heterocycles. The van der Waals surface area contributed by atoms with E-state index in [0.29, 0.717) is 10.9 Å². The van der Waals surface area contributed by atoms with Crippen molar-refractivity contribution in [2.24, 2.45) is 0 Å². The minimum Gasteiger partial charge on any atom is -0.384 e. The van der Waals surface area contributed by atoms with Gasteiger partial charge in [-0.1, -0.05) is 0 Å². The van der Waals surface area contributed by atoms with Gasteiger partial charge in [-0.3, -0.25) is 9.78 Å². The largest absolute Gasteiger partial charge is 0.384 e. The van der Waals surface area contributed by atoms with Crippen LogP contribution in [0.15, 0.2) is 18.3 Å². The molecule has 2 rings (SSSR count). The fraction of sp³-hybridized carbons (Fsp3) is 0.538. The molecule has 5 heteroatoms. The average molecular weight is 265 g/mol. The number of rotatable bonds is 4. The van der Waals surface area contributed by atoms with Crippen LogP contribution < -0.4 is 5.32 Å². The lowest BCUT2D eigenvalue weighted by Crippen LogP contribution is -2.23. The second kappa shape index (κ2) is 6.09. The zero-order chi connectivity index (χ0) is 13.0. The Kier molecular flexibility index (Phi) is 4.47. The molecule has 1 atom stereocenters. The van der Waals surface area contributed by atoms with E-state index < -0.39 is 0 Å². The molecule has 18 heavy (non-hydrogen) atoms. The summed E-state index contributed by atoms with van der Waals surface area (Å²) in [4.78, 5) is 17.4. The molecule has 0 saturated carbocycles. The molecule has 0 aromatic carbocycles. The number of thioether (sulfide) groups is 1. The maximum Gasteiger partial charge on any atom is 0.272 e. The number of nitrogens with zero attached hydrogens (tertiary/aromatic N) is 2. The van der Waals surface area contributed by atoms with Gasteiger partial charge in [0, 0.05) is 37.8 Å². The second-order valence-electron chi connectivity index (χ2n) is 4.65. The summed E-state index contributed by atoms with van der Waals surface area (Å²) in [6.45, 7) is 0.963. The number of anilines is 1. The van der Waals surface area contributed by atoms with Crippen LogP contribution in [-0.2, 0) is 0 Å². The van der Waals surface area contributed by atoms with Crippen LogP contribution in [0.2, 0.25) is 0 Å². The SMILES string of the molecule is CN(C)C(=O)c1cc(NCC2CCCS2)ccn1. The quantitative estimate of drug-likeness (QED) is 0.905. The van der Waals surface area contributed by atoms with Gasteiger partial charge >= 0.3 is 0 Å². The van der Waals surface area contributed by atoms with E-state index in [1.807, 2.05) is 23.9 Å². The summed E-state index contributed by atoms with van der Waals surface area (Å²) in [5.41, 5.74) is 1.46. The number of pyridine rings is 1. The number of hydrogen-bond donors (Lipinski definition) is 1. The van der Waals surface area contributed by atoms with Gasteiger partial charge in [-0.2, -0.15) is 11.8 Å². The van der Waals surface area contributed by atoms with Crippen LogP contribution in [0.5, 0.6) is 0 Å². The van der Waals surface area contributed by atoms with Crippen LogP contribution >= 0.6 is 11.8 Å². The van der Waals surface area contributed by atoms with Crippen molar-refractivity contribution in [2.75, 3.05) is 31.7 Å². The van der Waals surface area contributed by atoms with Crippen LogP contribution in [0, 0.1) is 0 Å². The Morgan fingerprint density at radius 1 is 1.61 bits per heavy atom. The number of carbonyl (C=O) groups excluding carboxylic acids is 1. The molecule has 1 aliphatic rings. The lowest BCUT2D eigenvalue weighted by molar-refractivity contribution is 0.0822. The zero-order valence-corrected chi connectivity index (χ0v) is 11.7. The van der Waals surface area contributed by atoms with Gasteiger partial charge in [0.05, 0.1) is 0 Å². The first-order valence-electron chi connectivity index (χ1n) is 6.20. The van der Waals surface area contributed by atoms with E-state index in [0.717, 1.165) is 12.2 Å². The highest BCUT2D eigenvalue weighted by Crippen LogP contribution is 2.26. The molecule has 0 spiro atoms. The van der Waals surface area contributed by atoms with Gasteiger partial charge in [0.2, 0.25) is 0 Å². The van der Waals surface area contributed by atoms with Crippen LogP contribution in [0.3, 0.4) is 0 Å². The topological polar surface area (TPSA) is 45.2 Å². The van der Waals surface area contributed by atoms with Gasteiger partial charge in [-0.15, -0.1) is 0 Å². The number of aromatic nitrogens is 1. The fourth-order valence-corrected chi connectivity index (χ4v) is 3.12. The second-order valence-corrected chi connectivity index (χ2v) is 6.05. The Hall–Kier alpha value is -1.23. The molecular weight excluding hydrogens is 246 g/mol. The Morgan fingerprint density at radius 3 is 3.11 bits per heavy atom. The third-order valence-electron chi connectivity index (χ3n) is 2.94. The van der Waals surface area contributed by atoms with Gasteiger partial charge in [0.1, 0.15) is 5.69 Å². The van der Waals surface area contributed by atoms with E-state index in [1.165, 1.54) is 18.6 Å². The van der Waals surface area contributed by atoms with Gasteiger partial charge < -0.3 is 10.2 Å². The molecule has 0 bridgehead atoms. The van der Waals surface area contributed by atoms with Crippen molar-refractivity contribution in [3.8, 4) is 0 Å². The molecule has 1 aromatic rings. The molecule has 0 aliphatic carbocycles. The maximum atomic E-state index is 11.8. The molecule has 1 amide bonds. The lowest BCUT2D eigenvalue weighted by atomic mass is 10.2. The van der Waals surface area contributed by atoms with Crippen molar-refractivity contribution in [1.82, 2.24) is 9.88 Å². The Morgan fingerprint density at radius 2 is 2.44 bits per heavy atom. The Bertz CT molecular complexity index is 416. The summed E-state index contributed by atoms with van der Waals surface area (Å²) < 4.78 is 0. The van der Waals surface area contributed by atoms with Crippen LogP contribution in [0.1, 0.15) is 23.3 Å². The number of hydrogen-bond acceptors (Lipinski definition) is 4. The molecule has 1 aromatic heterocycles. The molecule has 1 unspecified atom stereocenters. The van der Waals surface area contributed by atoms with E-state index in [2.05, 4.69) is 10.3 Å². The van der Waals surface area contributed by atoms with E-state index in [4.69, 9.17) is 0 Å². The first-order valence-corrected chi connectivity index (χ1v) is 7.25. The predicted molar refractivity (Wildman–Crippen MR) is 76.2 cm³/mol. The minimum atomic E-state index is -0.0612. The van der Waals surface area contributed by atoms with Crippen LogP contribution in [0.4, 0.5) is 5.69 Å². The standard InChI is InChI=1S/C13H19N3OS/c1-16(2)13(17)12-8-10(5-6-14-12)15-9-11-4-3-7-18-11/h5-6,8,11H,3-4,7,9H2,1-2H3,(H,14,15). The van der Waals surface area contributed by atoms with E-state index in [1.54, 1.807) is 25.2 Å². The third-order valence-corrected chi connectivity index (χ3v) is 4.34. The summed E-state index contributed by atoms with van der Waals surface area (Å²) in [6.07, 6.45) is 4.28. The fourth-order valence-electron chi connectivity index (χ4n) is 1.92. The monoisotopic (exact) mass is 265 g/mol. The molecule has 1 fully saturated rings. The van der Waals surface area contributed by atoms with Crippen molar-refractivity contribution in [3.05, 3.63) is 24.0 Å². The van der Waals surface area contributed by atoms with E-state index >= 15 is 0 Å². The van der Waals surface area contributed by atoms with Gasteiger partial charge in [0.15, 0.2) is 0 Å². The van der Waals surface area contributed by atoms with Crippen molar-refractivity contribution < 1.29 is 4.79 Å². The summed E-state index contributed by atoms with van der Waals surface area (Å²) in [7, 11) is 3.47. The smallest absolute Gasteiger partial charge is 0.272 e. The average Bonchev–Trinajstić information content (AvgIpc) is 2.89. The minimum absolute atomic E-state index is 0.0612. The molecule has 2 heterocycles. The first-order chi connectivity index (χ1) is 8.66. The summed E-state index contributed by atoms with van der Waals surface area (Å²) in [5.74, 6) is 1.21. The van der Waals surface area contributed by atoms with Crippen LogP contribution in [-0.4, -0.2) is 47.4 Å². The van der Waals surface area contributed by atoms with E-state index in [9.17, 15) is 4.79 Å². The summed E-state index contributed by atoms with van der Waals surface area (Å²) >= 11 is 2.02. The highest BCUT2D eigenvalue weighted by molar-refractivity contribution is 8.00. The summed E-state index contributed by atoms with van der Waals surface area (Å²) in [6, 6.07) is 3.73. The molecular formula is C13H19N3OS.